The van der Waals surface area contributed by atoms with Crippen molar-refractivity contribution < 1.29 is 4.79 Å². The maximum atomic E-state index is 12.3. The van der Waals surface area contributed by atoms with E-state index >= 15 is 0 Å². The molecule has 0 aromatic carbocycles. The largest absolute Gasteiger partial charge is 0.355 e. The molecule has 1 N–H and O–H groups in total. The van der Waals surface area contributed by atoms with Crippen LogP contribution in [0, 0.1) is 0 Å². The van der Waals surface area contributed by atoms with Crippen LogP contribution < -0.4 is 10.2 Å². The quantitative estimate of drug-likeness (QED) is 0.928. The van der Waals surface area contributed by atoms with Crippen molar-refractivity contribution in [3.8, 4) is 0 Å². The zero-order valence-electron chi connectivity index (χ0n) is 14.2. The first-order valence-electron chi connectivity index (χ1n) is 8.72. The summed E-state index contributed by atoms with van der Waals surface area (Å²) in [6, 6.07) is 0.229. The van der Waals surface area contributed by atoms with E-state index in [1.165, 1.54) is 12.8 Å². The van der Waals surface area contributed by atoms with E-state index in [1.807, 2.05) is 24.9 Å². The number of carbonyl (C=O) groups is 1. The molecule has 2 aliphatic heterocycles. The van der Waals surface area contributed by atoms with Crippen molar-refractivity contribution in [2.24, 2.45) is 0 Å². The van der Waals surface area contributed by atoms with Gasteiger partial charge in [0.2, 0.25) is 0 Å². The zero-order valence-corrected chi connectivity index (χ0v) is 14.2. The average Bonchev–Trinajstić information content (AvgIpc) is 3.21. The Kier molecular flexibility index (Phi) is 3.75. The summed E-state index contributed by atoms with van der Waals surface area (Å²) >= 11 is 0. The third-order valence-corrected chi connectivity index (χ3v) is 4.96. The second-order valence-corrected chi connectivity index (χ2v) is 6.87. The van der Waals surface area contributed by atoms with Gasteiger partial charge in [-0.2, -0.15) is 0 Å². The van der Waals surface area contributed by atoms with Crippen LogP contribution in [0.4, 0.5) is 10.6 Å². The van der Waals surface area contributed by atoms with E-state index in [1.54, 1.807) is 6.20 Å². The highest BCUT2D eigenvalue weighted by Crippen LogP contribution is 2.33. The predicted molar refractivity (Wildman–Crippen MR) is 93.5 cm³/mol. The van der Waals surface area contributed by atoms with E-state index in [4.69, 9.17) is 4.98 Å². The first-order valence-corrected chi connectivity index (χ1v) is 8.72. The molecule has 6 nitrogen and oxygen atoms in total. The molecule has 6 heteroatoms. The Morgan fingerprint density at radius 3 is 2.79 bits per heavy atom. The monoisotopic (exact) mass is 325 g/mol. The number of rotatable bonds is 3. The highest BCUT2D eigenvalue weighted by Gasteiger charge is 2.39. The fraction of sp³-hybridized carbons (Fsp3) is 0.500. The SMILES string of the molecule is CC(C)N1C(=O)NC2=C(c3cncc(N4CCCC4)n3)C=CCC21. The second kappa shape index (κ2) is 5.92. The highest BCUT2D eigenvalue weighted by molar-refractivity contribution is 5.88. The number of urea groups is 1. The Hall–Kier alpha value is -2.37. The van der Waals surface area contributed by atoms with E-state index in [0.717, 1.165) is 42.3 Å². The average molecular weight is 325 g/mol. The van der Waals surface area contributed by atoms with Gasteiger partial charge in [0.15, 0.2) is 0 Å². The lowest BCUT2D eigenvalue weighted by Crippen LogP contribution is -2.39. The summed E-state index contributed by atoms with van der Waals surface area (Å²) in [7, 11) is 0. The zero-order chi connectivity index (χ0) is 16.7. The first kappa shape index (κ1) is 15.2. The lowest BCUT2D eigenvalue weighted by Gasteiger charge is -2.28. The topological polar surface area (TPSA) is 61.4 Å². The summed E-state index contributed by atoms with van der Waals surface area (Å²) in [6.45, 7) is 6.18. The molecule has 3 aliphatic rings. The van der Waals surface area contributed by atoms with Crippen molar-refractivity contribution in [2.45, 2.75) is 45.2 Å². The maximum Gasteiger partial charge on any atom is 0.322 e. The summed E-state index contributed by atoms with van der Waals surface area (Å²) in [4.78, 5) is 25.7. The van der Waals surface area contributed by atoms with Gasteiger partial charge in [-0.1, -0.05) is 12.2 Å². The van der Waals surface area contributed by atoms with Crippen LogP contribution >= 0.6 is 0 Å². The summed E-state index contributed by atoms with van der Waals surface area (Å²) in [5, 5.41) is 3.06. The molecule has 4 rings (SSSR count). The van der Waals surface area contributed by atoms with Crippen LogP contribution in [0.1, 0.15) is 38.8 Å². The predicted octanol–water partition coefficient (Wildman–Crippen LogP) is 2.55. The summed E-state index contributed by atoms with van der Waals surface area (Å²) in [5.74, 6) is 0.929. The lowest BCUT2D eigenvalue weighted by molar-refractivity contribution is 0.188. The Labute approximate surface area is 142 Å². The van der Waals surface area contributed by atoms with Crippen LogP contribution in [0.2, 0.25) is 0 Å². The van der Waals surface area contributed by atoms with Crippen molar-refractivity contribution in [2.75, 3.05) is 18.0 Å². The van der Waals surface area contributed by atoms with Gasteiger partial charge in [-0.3, -0.25) is 4.98 Å². The van der Waals surface area contributed by atoms with E-state index < -0.39 is 0 Å². The minimum Gasteiger partial charge on any atom is -0.355 e. The normalized spacial score (nSPS) is 23.3. The van der Waals surface area contributed by atoms with Gasteiger partial charge in [-0.05, 0) is 33.1 Å². The fourth-order valence-electron chi connectivity index (χ4n) is 3.83. The van der Waals surface area contributed by atoms with Crippen molar-refractivity contribution in [1.82, 2.24) is 20.2 Å². The number of amides is 2. The number of carbonyl (C=O) groups excluding carboxylic acids is 1. The van der Waals surface area contributed by atoms with Gasteiger partial charge >= 0.3 is 6.03 Å². The van der Waals surface area contributed by atoms with Gasteiger partial charge in [-0.25, -0.2) is 9.78 Å². The fourth-order valence-corrected chi connectivity index (χ4v) is 3.83. The molecular weight excluding hydrogens is 302 g/mol. The molecular formula is C18H23N5O. The summed E-state index contributed by atoms with van der Waals surface area (Å²) < 4.78 is 0. The number of aromatic nitrogens is 2. The van der Waals surface area contributed by atoms with Crippen LogP contribution in [0.15, 0.2) is 30.2 Å². The van der Waals surface area contributed by atoms with E-state index in [-0.39, 0.29) is 18.1 Å². The number of nitrogens with one attached hydrogen (secondary N) is 1. The Morgan fingerprint density at radius 2 is 2.04 bits per heavy atom. The molecule has 2 amide bonds. The first-order chi connectivity index (χ1) is 11.6. The molecule has 0 saturated carbocycles. The standard InChI is InChI=1S/C18H23N5O/c1-12(2)23-15-7-5-6-13(17(15)21-18(23)24)14-10-19-11-16(20-14)22-8-3-4-9-22/h5-6,10-12,15H,3-4,7-9H2,1-2H3,(H,21,24). The van der Waals surface area contributed by atoms with Crippen LogP contribution in [-0.2, 0) is 0 Å². The van der Waals surface area contributed by atoms with Crippen LogP contribution in [0.3, 0.4) is 0 Å². The molecule has 2 saturated heterocycles. The maximum absolute atomic E-state index is 12.3. The lowest BCUT2D eigenvalue weighted by atomic mass is 9.96. The van der Waals surface area contributed by atoms with E-state index in [2.05, 4.69) is 27.4 Å². The van der Waals surface area contributed by atoms with Gasteiger partial charge in [-0.15, -0.1) is 0 Å². The Bertz CT molecular complexity index is 718. The molecule has 1 aromatic heterocycles. The Balaban J connectivity index is 1.72. The number of fused-ring (bicyclic) bond motifs is 1. The third kappa shape index (κ3) is 2.46. The van der Waals surface area contributed by atoms with Gasteiger partial charge in [0, 0.05) is 24.7 Å². The molecule has 126 valence electrons. The molecule has 1 aliphatic carbocycles. The van der Waals surface area contributed by atoms with Gasteiger partial charge < -0.3 is 15.1 Å². The van der Waals surface area contributed by atoms with Crippen LogP contribution in [0.5, 0.6) is 0 Å². The van der Waals surface area contributed by atoms with Crippen molar-refractivity contribution in [1.29, 1.82) is 0 Å². The summed E-state index contributed by atoms with van der Waals surface area (Å²) in [5.41, 5.74) is 2.78. The molecule has 1 atom stereocenters. The van der Waals surface area contributed by atoms with Gasteiger partial charge in [0.25, 0.3) is 0 Å². The third-order valence-electron chi connectivity index (χ3n) is 4.96. The smallest absolute Gasteiger partial charge is 0.322 e. The van der Waals surface area contributed by atoms with Crippen LogP contribution in [-0.4, -0.2) is 46.1 Å². The molecule has 0 radical (unpaired) electrons. The number of nitrogens with zero attached hydrogens (tertiary/aromatic N) is 4. The van der Waals surface area contributed by atoms with Gasteiger partial charge in [0.05, 0.1) is 29.8 Å². The number of allylic oxidation sites excluding steroid dienone is 2. The van der Waals surface area contributed by atoms with E-state index in [9.17, 15) is 4.79 Å². The minimum absolute atomic E-state index is 0.0187. The highest BCUT2D eigenvalue weighted by atomic mass is 16.2. The van der Waals surface area contributed by atoms with Crippen molar-refractivity contribution in [3.05, 3.63) is 35.9 Å². The molecule has 3 heterocycles. The van der Waals surface area contributed by atoms with Gasteiger partial charge in [0.1, 0.15) is 5.82 Å². The molecule has 2 fully saturated rings. The van der Waals surface area contributed by atoms with Crippen LogP contribution in [0.25, 0.3) is 5.57 Å². The molecule has 0 bridgehead atoms. The van der Waals surface area contributed by atoms with Crippen molar-refractivity contribution >= 4 is 17.4 Å². The molecule has 1 aromatic rings. The number of hydrogen-bond acceptors (Lipinski definition) is 4. The summed E-state index contributed by atoms with van der Waals surface area (Å²) in [6.07, 6.45) is 11.1. The molecule has 1 unspecified atom stereocenters. The minimum atomic E-state index is -0.0187. The molecule has 24 heavy (non-hydrogen) atoms. The Morgan fingerprint density at radius 1 is 1.25 bits per heavy atom. The van der Waals surface area contributed by atoms with Crippen molar-refractivity contribution in [3.63, 3.8) is 0 Å². The van der Waals surface area contributed by atoms with E-state index in [0.29, 0.717) is 0 Å². The second-order valence-electron chi connectivity index (χ2n) is 6.87. The number of anilines is 1. The number of hydrogen-bond donors (Lipinski definition) is 1. The molecule has 0 spiro atoms.